The predicted molar refractivity (Wildman–Crippen MR) is 85.4 cm³/mol. The third kappa shape index (κ3) is 3.40. The highest BCUT2D eigenvalue weighted by Crippen LogP contribution is 2.25. The minimum atomic E-state index is 0.387. The SMILES string of the molecule is CNc1nc(Cc2ccncc2)nc(C(C)C)c1I. The van der Waals surface area contributed by atoms with Gasteiger partial charge in [-0.1, -0.05) is 13.8 Å². The zero-order valence-electron chi connectivity index (χ0n) is 11.3. The van der Waals surface area contributed by atoms with Crippen molar-refractivity contribution in [3.8, 4) is 0 Å². The summed E-state index contributed by atoms with van der Waals surface area (Å²) in [5.74, 6) is 2.14. The average molecular weight is 368 g/mol. The van der Waals surface area contributed by atoms with Gasteiger partial charge in [-0.05, 0) is 46.2 Å². The molecule has 0 atom stereocenters. The predicted octanol–water partition coefficient (Wildman–Crippen LogP) is 3.23. The molecule has 100 valence electrons. The maximum atomic E-state index is 4.70. The highest BCUT2D eigenvalue weighted by molar-refractivity contribution is 14.1. The Hall–Kier alpha value is -1.24. The number of rotatable bonds is 4. The molecule has 0 spiro atoms. The lowest BCUT2D eigenvalue weighted by molar-refractivity contribution is 0.784. The van der Waals surface area contributed by atoms with Gasteiger partial charge in [0.25, 0.3) is 0 Å². The number of anilines is 1. The number of nitrogens with zero attached hydrogens (tertiary/aromatic N) is 3. The Morgan fingerprint density at radius 2 is 1.89 bits per heavy atom. The Morgan fingerprint density at radius 3 is 2.47 bits per heavy atom. The van der Waals surface area contributed by atoms with Gasteiger partial charge >= 0.3 is 0 Å². The van der Waals surface area contributed by atoms with Crippen LogP contribution in [0.5, 0.6) is 0 Å². The van der Waals surface area contributed by atoms with E-state index in [2.05, 4.69) is 51.7 Å². The molecule has 2 aromatic heterocycles. The van der Waals surface area contributed by atoms with Crippen molar-refractivity contribution in [3.63, 3.8) is 0 Å². The molecule has 0 saturated heterocycles. The zero-order valence-corrected chi connectivity index (χ0v) is 13.5. The van der Waals surface area contributed by atoms with Crippen LogP contribution >= 0.6 is 22.6 Å². The van der Waals surface area contributed by atoms with E-state index < -0.39 is 0 Å². The molecule has 0 bridgehead atoms. The van der Waals surface area contributed by atoms with E-state index in [1.165, 1.54) is 5.56 Å². The number of halogens is 1. The summed E-state index contributed by atoms with van der Waals surface area (Å²) in [5.41, 5.74) is 2.27. The Bertz CT molecular complexity index is 555. The van der Waals surface area contributed by atoms with Gasteiger partial charge in [-0.3, -0.25) is 4.98 Å². The second-order valence-corrected chi connectivity index (χ2v) is 5.70. The third-order valence-corrected chi connectivity index (χ3v) is 3.88. The van der Waals surface area contributed by atoms with Crippen LogP contribution in [0.25, 0.3) is 0 Å². The molecule has 1 N–H and O–H groups in total. The fourth-order valence-electron chi connectivity index (χ4n) is 1.82. The number of pyridine rings is 1. The molecule has 0 aliphatic carbocycles. The quantitative estimate of drug-likeness (QED) is 0.842. The van der Waals surface area contributed by atoms with Crippen LogP contribution in [0, 0.1) is 3.57 Å². The van der Waals surface area contributed by atoms with Crippen molar-refractivity contribution in [1.82, 2.24) is 15.0 Å². The number of aromatic nitrogens is 3. The standard InChI is InChI=1S/C14H17IN4/c1-9(2)13-12(15)14(16-3)19-11(18-13)8-10-4-6-17-7-5-10/h4-7,9H,8H2,1-3H3,(H,16,18,19). The first-order chi connectivity index (χ1) is 9.11. The monoisotopic (exact) mass is 368 g/mol. The first-order valence-corrected chi connectivity index (χ1v) is 7.32. The molecule has 5 heteroatoms. The number of hydrogen-bond acceptors (Lipinski definition) is 4. The highest BCUT2D eigenvalue weighted by Gasteiger charge is 2.14. The summed E-state index contributed by atoms with van der Waals surface area (Å²) in [6, 6.07) is 3.99. The molecule has 0 aromatic carbocycles. The van der Waals surface area contributed by atoms with E-state index in [1.807, 2.05) is 19.2 Å². The van der Waals surface area contributed by atoms with Gasteiger partial charge in [0, 0.05) is 25.9 Å². The van der Waals surface area contributed by atoms with Crippen molar-refractivity contribution < 1.29 is 0 Å². The lowest BCUT2D eigenvalue weighted by Crippen LogP contribution is -2.09. The fraction of sp³-hybridized carbons (Fsp3) is 0.357. The third-order valence-electron chi connectivity index (χ3n) is 2.82. The first-order valence-electron chi connectivity index (χ1n) is 6.24. The molecular weight excluding hydrogens is 351 g/mol. The molecule has 0 aliphatic heterocycles. The number of hydrogen-bond donors (Lipinski definition) is 1. The van der Waals surface area contributed by atoms with Gasteiger partial charge in [0.05, 0.1) is 9.26 Å². The van der Waals surface area contributed by atoms with Gasteiger partial charge in [-0.15, -0.1) is 0 Å². The lowest BCUT2D eigenvalue weighted by atomic mass is 10.1. The van der Waals surface area contributed by atoms with Gasteiger partial charge in [0.1, 0.15) is 11.6 Å². The normalized spacial score (nSPS) is 10.8. The van der Waals surface area contributed by atoms with Crippen LogP contribution in [-0.4, -0.2) is 22.0 Å². The Morgan fingerprint density at radius 1 is 1.21 bits per heavy atom. The van der Waals surface area contributed by atoms with Gasteiger partial charge in [-0.25, -0.2) is 9.97 Å². The van der Waals surface area contributed by atoms with E-state index in [0.29, 0.717) is 5.92 Å². The second kappa shape index (κ2) is 6.27. The Kier molecular flexibility index (Phi) is 4.68. The second-order valence-electron chi connectivity index (χ2n) is 4.62. The molecule has 4 nitrogen and oxygen atoms in total. The Balaban J connectivity index is 2.38. The molecule has 2 rings (SSSR count). The van der Waals surface area contributed by atoms with E-state index in [9.17, 15) is 0 Å². The van der Waals surface area contributed by atoms with E-state index in [-0.39, 0.29) is 0 Å². The van der Waals surface area contributed by atoms with Crippen LogP contribution < -0.4 is 5.32 Å². The van der Waals surface area contributed by atoms with Crippen molar-refractivity contribution in [2.45, 2.75) is 26.2 Å². The summed E-state index contributed by atoms with van der Waals surface area (Å²) in [6.45, 7) is 4.31. The maximum absolute atomic E-state index is 4.70. The summed E-state index contributed by atoms with van der Waals surface area (Å²) in [7, 11) is 1.89. The molecule has 0 saturated carbocycles. The fourth-order valence-corrected chi connectivity index (χ4v) is 2.96. The zero-order chi connectivity index (χ0) is 13.8. The van der Waals surface area contributed by atoms with E-state index in [1.54, 1.807) is 12.4 Å². The van der Waals surface area contributed by atoms with Crippen LogP contribution in [0.3, 0.4) is 0 Å². The molecule has 0 amide bonds. The molecule has 0 unspecified atom stereocenters. The van der Waals surface area contributed by atoms with Crippen molar-refractivity contribution in [2.24, 2.45) is 0 Å². The van der Waals surface area contributed by atoms with Crippen LogP contribution in [0.1, 0.15) is 36.8 Å². The minimum absolute atomic E-state index is 0.387. The van der Waals surface area contributed by atoms with Crippen LogP contribution in [0.4, 0.5) is 5.82 Å². The van der Waals surface area contributed by atoms with Gasteiger partial charge in [-0.2, -0.15) is 0 Å². The van der Waals surface area contributed by atoms with E-state index >= 15 is 0 Å². The highest BCUT2D eigenvalue weighted by atomic mass is 127. The van der Waals surface area contributed by atoms with Crippen molar-refractivity contribution >= 4 is 28.4 Å². The molecule has 0 fully saturated rings. The van der Waals surface area contributed by atoms with Gasteiger partial charge in [0.15, 0.2) is 0 Å². The van der Waals surface area contributed by atoms with Crippen molar-refractivity contribution in [3.05, 3.63) is 45.2 Å². The molecule has 19 heavy (non-hydrogen) atoms. The Labute approximate surface area is 127 Å². The molecule has 2 aromatic rings. The summed E-state index contributed by atoms with van der Waals surface area (Å²) >= 11 is 2.31. The topological polar surface area (TPSA) is 50.7 Å². The van der Waals surface area contributed by atoms with Crippen molar-refractivity contribution in [2.75, 3.05) is 12.4 Å². The first kappa shape index (κ1) is 14.2. The molecule has 0 radical (unpaired) electrons. The van der Waals surface area contributed by atoms with Crippen LogP contribution in [0.15, 0.2) is 24.5 Å². The smallest absolute Gasteiger partial charge is 0.143 e. The van der Waals surface area contributed by atoms with Crippen LogP contribution in [-0.2, 0) is 6.42 Å². The van der Waals surface area contributed by atoms with E-state index in [0.717, 1.165) is 27.3 Å². The largest absolute Gasteiger partial charge is 0.372 e. The lowest BCUT2D eigenvalue weighted by Gasteiger charge is -2.13. The average Bonchev–Trinajstić information content (AvgIpc) is 2.41. The van der Waals surface area contributed by atoms with Crippen molar-refractivity contribution in [1.29, 1.82) is 0 Å². The maximum Gasteiger partial charge on any atom is 0.143 e. The molecule has 0 aliphatic rings. The molecule has 2 heterocycles. The van der Waals surface area contributed by atoms with Gasteiger partial charge < -0.3 is 5.32 Å². The summed E-state index contributed by atoms with van der Waals surface area (Å²) in [6.07, 6.45) is 4.32. The number of nitrogens with one attached hydrogen (secondary N) is 1. The summed E-state index contributed by atoms with van der Waals surface area (Å²) < 4.78 is 1.11. The minimum Gasteiger partial charge on any atom is -0.372 e. The van der Waals surface area contributed by atoms with E-state index in [4.69, 9.17) is 4.98 Å². The molecular formula is C14H17IN4. The van der Waals surface area contributed by atoms with Gasteiger partial charge in [0.2, 0.25) is 0 Å². The summed E-state index contributed by atoms with van der Waals surface area (Å²) in [5, 5.41) is 3.15. The summed E-state index contributed by atoms with van der Waals surface area (Å²) in [4.78, 5) is 13.3. The van der Waals surface area contributed by atoms with Crippen LogP contribution in [0.2, 0.25) is 0 Å².